The molecule has 2 N–H and O–H groups in total. The van der Waals surface area contributed by atoms with Gasteiger partial charge < -0.3 is 19.9 Å². The first-order valence-electron chi connectivity index (χ1n) is 11.4. The highest BCUT2D eigenvalue weighted by molar-refractivity contribution is 5.87. The van der Waals surface area contributed by atoms with Gasteiger partial charge in [-0.25, -0.2) is 24.4 Å². The van der Waals surface area contributed by atoms with Gasteiger partial charge in [0.2, 0.25) is 6.10 Å². The summed E-state index contributed by atoms with van der Waals surface area (Å²) in [6.07, 6.45) is -2.22. The molecule has 1 heterocycles. The van der Waals surface area contributed by atoms with Gasteiger partial charge in [0.1, 0.15) is 11.6 Å². The minimum atomic E-state index is -1.40. The molecule has 0 aliphatic carbocycles. The smallest absolute Gasteiger partial charge is 0.429 e. The molecule has 1 aromatic rings. The summed E-state index contributed by atoms with van der Waals surface area (Å²) in [6, 6.07) is 7.91. The molecule has 1 fully saturated rings. The number of hydrazine groups is 1. The molecule has 1 aliphatic rings. The molecule has 3 amide bonds. The molecule has 34 heavy (non-hydrogen) atoms. The van der Waals surface area contributed by atoms with Crippen molar-refractivity contribution in [3.8, 4) is 0 Å². The summed E-state index contributed by atoms with van der Waals surface area (Å²) in [4.78, 5) is 50.2. The first kappa shape index (κ1) is 26.9. The Labute approximate surface area is 200 Å². The number of rotatable bonds is 8. The van der Waals surface area contributed by atoms with E-state index in [1.54, 1.807) is 51.1 Å². The van der Waals surface area contributed by atoms with Crippen molar-refractivity contribution in [3.05, 3.63) is 35.9 Å². The Balaban J connectivity index is 2.11. The highest BCUT2D eigenvalue weighted by atomic mass is 16.6. The van der Waals surface area contributed by atoms with Gasteiger partial charge in [-0.3, -0.25) is 4.79 Å². The van der Waals surface area contributed by atoms with Crippen molar-refractivity contribution in [1.29, 1.82) is 0 Å². The molecule has 10 nitrogen and oxygen atoms in total. The van der Waals surface area contributed by atoms with Gasteiger partial charge in [-0.15, -0.1) is 0 Å². The number of ether oxygens (including phenoxy) is 2. The van der Waals surface area contributed by atoms with E-state index in [0.29, 0.717) is 18.4 Å². The highest BCUT2D eigenvalue weighted by Crippen LogP contribution is 2.19. The first-order valence-corrected chi connectivity index (χ1v) is 11.4. The van der Waals surface area contributed by atoms with E-state index >= 15 is 0 Å². The fourth-order valence-electron chi connectivity index (χ4n) is 3.54. The van der Waals surface area contributed by atoms with Gasteiger partial charge in [0, 0.05) is 19.5 Å². The zero-order valence-corrected chi connectivity index (χ0v) is 20.4. The Kier molecular flexibility index (Phi) is 9.28. The fourth-order valence-corrected chi connectivity index (χ4v) is 3.54. The summed E-state index contributed by atoms with van der Waals surface area (Å²) in [5.74, 6) is -1.68. The van der Waals surface area contributed by atoms with E-state index in [4.69, 9.17) is 9.47 Å². The number of carbonyl (C=O) groups is 4. The van der Waals surface area contributed by atoms with E-state index in [0.717, 1.165) is 5.01 Å². The predicted molar refractivity (Wildman–Crippen MR) is 124 cm³/mol. The molecule has 1 saturated heterocycles. The SMILES string of the molecule is CC(C)C[C@H](NC(=O)OC(C)(C)C)C(=O)N1CCCN1C(=O)O[C@@H](Cc1ccccc1)C(=O)O. The molecule has 0 saturated carbocycles. The van der Waals surface area contributed by atoms with Gasteiger partial charge in [-0.05, 0) is 45.1 Å². The number of amides is 3. The van der Waals surface area contributed by atoms with Crippen molar-refractivity contribution >= 4 is 24.1 Å². The summed E-state index contributed by atoms with van der Waals surface area (Å²) < 4.78 is 10.6. The number of alkyl carbamates (subject to hydrolysis) is 1. The maximum Gasteiger partial charge on any atom is 0.429 e. The monoisotopic (exact) mass is 477 g/mol. The van der Waals surface area contributed by atoms with Gasteiger partial charge in [0.05, 0.1) is 0 Å². The second-order valence-corrected chi connectivity index (χ2v) is 9.67. The van der Waals surface area contributed by atoms with Crippen LogP contribution in [0.1, 0.15) is 53.0 Å². The van der Waals surface area contributed by atoms with Gasteiger partial charge in [0.25, 0.3) is 5.91 Å². The summed E-state index contributed by atoms with van der Waals surface area (Å²) in [7, 11) is 0. The van der Waals surface area contributed by atoms with Crippen molar-refractivity contribution in [1.82, 2.24) is 15.3 Å². The van der Waals surface area contributed by atoms with Crippen molar-refractivity contribution in [2.24, 2.45) is 5.92 Å². The lowest BCUT2D eigenvalue weighted by Gasteiger charge is -2.32. The van der Waals surface area contributed by atoms with Gasteiger partial charge in [0.15, 0.2) is 0 Å². The number of hydrogen-bond acceptors (Lipinski definition) is 6. The predicted octanol–water partition coefficient (Wildman–Crippen LogP) is 3.21. The van der Waals surface area contributed by atoms with E-state index in [2.05, 4.69) is 5.32 Å². The highest BCUT2D eigenvalue weighted by Gasteiger charge is 2.38. The third-order valence-corrected chi connectivity index (χ3v) is 4.98. The minimum Gasteiger partial charge on any atom is -0.478 e. The Bertz CT molecular complexity index is 867. The first-order chi connectivity index (χ1) is 15.9. The average Bonchev–Trinajstić information content (AvgIpc) is 3.21. The molecule has 0 aromatic heterocycles. The number of nitrogens with one attached hydrogen (secondary N) is 1. The molecule has 0 spiro atoms. The average molecular weight is 478 g/mol. The van der Waals surface area contributed by atoms with E-state index in [-0.39, 0.29) is 25.4 Å². The van der Waals surface area contributed by atoms with Crippen LogP contribution in [0.2, 0.25) is 0 Å². The Morgan fingerprint density at radius 2 is 1.68 bits per heavy atom. The van der Waals surface area contributed by atoms with Crippen molar-refractivity contribution in [2.45, 2.75) is 71.6 Å². The minimum absolute atomic E-state index is 0.000125. The standard InChI is InChI=1S/C24H35N3O7/c1-16(2)14-18(25-22(31)34-24(3,4)5)20(28)26-12-9-13-27(26)23(32)33-19(21(29)30)15-17-10-7-6-8-11-17/h6-8,10-11,16,18-19H,9,12-15H2,1-5H3,(H,25,31)(H,29,30)/t18-,19-/m0/s1. The van der Waals surface area contributed by atoms with Crippen LogP contribution < -0.4 is 5.32 Å². The molecule has 2 rings (SSSR count). The van der Waals surface area contributed by atoms with Crippen molar-refractivity contribution in [2.75, 3.05) is 13.1 Å². The maximum absolute atomic E-state index is 13.3. The largest absolute Gasteiger partial charge is 0.478 e. The molecule has 2 atom stereocenters. The Morgan fingerprint density at radius 3 is 2.24 bits per heavy atom. The van der Waals surface area contributed by atoms with Crippen LogP contribution in [0.25, 0.3) is 0 Å². The summed E-state index contributed by atoms with van der Waals surface area (Å²) >= 11 is 0. The second kappa shape index (κ2) is 11.7. The zero-order valence-electron chi connectivity index (χ0n) is 20.4. The third-order valence-electron chi connectivity index (χ3n) is 4.98. The molecule has 0 radical (unpaired) electrons. The fraction of sp³-hybridized carbons (Fsp3) is 0.583. The van der Waals surface area contributed by atoms with E-state index in [1.165, 1.54) is 5.01 Å². The van der Waals surface area contributed by atoms with Gasteiger partial charge in [-0.2, -0.15) is 0 Å². The van der Waals surface area contributed by atoms with Crippen LogP contribution in [-0.2, 0) is 25.5 Å². The number of benzene rings is 1. The van der Waals surface area contributed by atoms with Crippen molar-refractivity contribution < 1.29 is 33.8 Å². The van der Waals surface area contributed by atoms with E-state index in [9.17, 15) is 24.3 Å². The molecule has 0 unspecified atom stereocenters. The quantitative estimate of drug-likeness (QED) is 0.589. The summed E-state index contributed by atoms with van der Waals surface area (Å²) in [5, 5.41) is 14.5. The number of carboxylic acid groups (broad SMARTS) is 1. The normalized spacial score (nSPS) is 15.6. The van der Waals surface area contributed by atoms with E-state index < -0.39 is 41.8 Å². The van der Waals surface area contributed by atoms with Crippen LogP contribution in [0.5, 0.6) is 0 Å². The molecule has 188 valence electrons. The molecular weight excluding hydrogens is 442 g/mol. The lowest BCUT2D eigenvalue weighted by Crippen LogP contribution is -2.55. The third kappa shape index (κ3) is 8.24. The number of nitrogens with zero attached hydrogens (tertiary/aromatic N) is 2. The van der Waals surface area contributed by atoms with Crippen LogP contribution in [0.3, 0.4) is 0 Å². The summed E-state index contributed by atoms with van der Waals surface area (Å²) in [5.41, 5.74) is -0.0283. The summed E-state index contributed by atoms with van der Waals surface area (Å²) in [6.45, 7) is 9.43. The number of aliphatic carboxylic acids is 1. The molecule has 1 aliphatic heterocycles. The van der Waals surface area contributed by atoms with Crippen LogP contribution in [-0.4, -0.2) is 70.0 Å². The number of carboxylic acids is 1. The van der Waals surface area contributed by atoms with Crippen LogP contribution in [0.15, 0.2) is 30.3 Å². The van der Waals surface area contributed by atoms with Gasteiger partial charge >= 0.3 is 18.2 Å². The zero-order chi connectivity index (χ0) is 25.5. The molecule has 1 aromatic carbocycles. The molecule has 0 bridgehead atoms. The number of hydrogen-bond donors (Lipinski definition) is 2. The van der Waals surface area contributed by atoms with E-state index in [1.807, 2.05) is 13.8 Å². The Morgan fingerprint density at radius 1 is 1.06 bits per heavy atom. The Hall–Kier alpha value is -3.30. The molecule has 10 heteroatoms. The van der Waals surface area contributed by atoms with Crippen LogP contribution in [0, 0.1) is 5.92 Å². The topological polar surface area (TPSA) is 125 Å². The number of carbonyl (C=O) groups excluding carboxylic acids is 3. The maximum atomic E-state index is 13.3. The van der Waals surface area contributed by atoms with Crippen LogP contribution in [0.4, 0.5) is 9.59 Å². The second-order valence-electron chi connectivity index (χ2n) is 9.67. The van der Waals surface area contributed by atoms with Gasteiger partial charge in [-0.1, -0.05) is 44.2 Å². The molecular formula is C24H35N3O7. The van der Waals surface area contributed by atoms with Crippen LogP contribution >= 0.6 is 0 Å². The van der Waals surface area contributed by atoms with Crippen molar-refractivity contribution in [3.63, 3.8) is 0 Å². The lowest BCUT2D eigenvalue weighted by atomic mass is 10.0. The lowest BCUT2D eigenvalue weighted by molar-refractivity contribution is -0.150.